The number of nitrogens with one attached hydrogen (secondary N) is 1. The first kappa shape index (κ1) is 20.5. The molecule has 2 N–H and O–H groups in total. The molecule has 1 atom stereocenters. The normalized spacial score (nSPS) is 8.95. The van der Waals surface area contributed by atoms with Crippen LogP contribution in [0, 0.1) is 0 Å². The maximum atomic E-state index is 9.37. The molecule has 2 nitrogen and oxygen atoms in total. The van der Waals surface area contributed by atoms with Gasteiger partial charge in [-0.3, -0.25) is 0 Å². The van der Waals surface area contributed by atoms with E-state index < -0.39 is 0 Å². The molecule has 0 aliphatic heterocycles. The second-order valence-corrected chi connectivity index (χ2v) is 4.40. The van der Waals surface area contributed by atoms with Gasteiger partial charge in [0.05, 0.1) is 0 Å². The number of aryl methyl sites for hydroxylation is 1. The molecule has 0 saturated heterocycles. The quantitative estimate of drug-likeness (QED) is 0.749. The highest BCUT2D eigenvalue weighted by atomic mass is 31.0. The van der Waals surface area contributed by atoms with Crippen LogP contribution in [0.2, 0.25) is 0 Å². The summed E-state index contributed by atoms with van der Waals surface area (Å²) in [5, 5.41) is 12.7. The lowest BCUT2D eigenvalue weighted by molar-refractivity contribution is 0.474. The van der Waals surface area contributed by atoms with E-state index in [2.05, 4.69) is 45.7 Å². The first-order valence-corrected chi connectivity index (χ1v) is 9.12. The molecule has 0 aromatic heterocycles. The van der Waals surface area contributed by atoms with E-state index in [0.717, 1.165) is 30.6 Å². The predicted octanol–water partition coefficient (Wildman–Crippen LogP) is 5.13. The molecule has 0 bridgehead atoms. The zero-order chi connectivity index (χ0) is 16.8. The SMILES string of the molecule is CC.CCc1ccc(NCCc2cccc(O)c2)cc1.CP. The van der Waals surface area contributed by atoms with Gasteiger partial charge in [-0.2, -0.15) is 0 Å². The van der Waals surface area contributed by atoms with Gasteiger partial charge in [0.1, 0.15) is 5.75 Å². The van der Waals surface area contributed by atoms with Gasteiger partial charge in [-0.05, 0) is 48.2 Å². The van der Waals surface area contributed by atoms with Gasteiger partial charge in [-0.15, -0.1) is 9.24 Å². The van der Waals surface area contributed by atoms with Gasteiger partial charge in [-0.1, -0.05) is 51.7 Å². The van der Waals surface area contributed by atoms with Crippen LogP contribution in [-0.2, 0) is 12.8 Å². The van der Waals surface area contributed by atoms with Gasteiger partial charge in [0, 0.05) is 12.2 Å². The third-order valence-electron chi connectivity index (χ3n) is 3.02. The Balaban J connectivity index is 0.00000102. The molecule has 1 unspecified atom stereocenters. The molecule has 2 rings (SSSR count). The first-order valence-electron chi connectivity index (χ1n) is 7.96. The number of hydrogen-bond acceptors (Lipinski definition) is 2. The summed E-state index contributed by atoms with van der Waals surface area (Å²) < 4.78 is 0. The molecule has 122 valence electrons. The minimum absolute atomic E-state index is 0.333. The molecule has 0 spiro atoms. The van der Waals surface area contributed by atoms with Crippen LogP contribution in [0.5, 0.6) is 5.75 Å². The Hall–Kier alpha value is -1.53. The molecular formula is C19H30NOP. The van der Waals surface area contributed by atoms with Crippen molar-refractivity contribution in [3.63, 3.8) is 0 Å². The molecule has 22 heavy (non-hydrogen) atoms. The van der Waals surface area contributed by atoms with Gasteiger partial charge < -0.3 is 10.4 Å². The molecule has 0 saturated carbocycles. The van der Waals surface area contributed by atoms with E-state index in [0.29, 0.717) is 5.75 Å². The zero-order valence-corrected chi connectivity index (χ0v) is 15.4. The standard InChI is InChI=1S/C16H19NO.C2H6.CH5P/c1-2-13-6-8-15(9-7-13)17-11-10-14-4-3-5-16(18)12-14;2*1-2/h3-9,12,17-18H,2,10-11H2,1H3;1-2H3;2H2,1H3. The van der Waals surface area contributed by atoms with E-state index in [-0.39, 0.29) is 0 Å². The monoisotopic (exact) mass is 319 g/mol. The van der Waals surface area contributed by atoms with Gasteiger partial charge in [0.15, 0.2) is 0 Å². The summed E-state index contributed by atoms with van der Waals surface area (Å²) in [5.41, 5.74) is 3.65. The van der Waals surface area contributed by atoms with E-state index in [1.807, 2.05) is 38.7 Å². The Labute approximate surface area is 138 Å². The van der Waals surface area contributed by atoms with Crippen molar-refractivity contribution in [2.24, 2.45) is 0 Å². The topological polar surface area (TPSA) is 32.3 Å². The first-order chi connectivity index (χ1) is 10.8. The van der Waals surface area contributed by atoms with E-state index in [9.17, 15) is 5.11 Å². The fraction of sp³-hybridized carbons (Fsp3) is 0.368. The minimum atomic E-state index is 0.333. The Bertz CT molecular complexity index is 497. The number of anilines is 1. The van der Waals surface area contributed by atoms with Crippen LogP contribution in [0.1, 0.15) is 31.9 Å². The lowest BCUT2D eigenvalue weighted by Crippen LogP contribution is -2.04. The maximum absolute atomic E-state index is 9.37. The van der Waals surface area contributed by atoms with Crippen molar-refractivity contribution in [1.82, 2.24) is 0 Å². The summed E-state index contributed by atoms with van der Waals surface area (Å²) >= 11 is 0. The van der Waals surface area contributed by atoms with Crippen LogP contribution in [0.4, 0.5) is 5.69 Å². The van der Waals surface area contributed by atoms with Crippen molar-refractivity contribution in [1.29, 1.82) is 0 Å². The number of hydrogen-bond donors (Lipinski definition) is 2. The molecule has 0 amide bonds. The highest BCUT2D eigenvalue weighted by Gasteiger charge is 1.96. The average Bonchev–Trinajstić information content (AvgIpc) is 2.59. The minimum Gasteiger partial charge on any atom is -0.508 e. The second-order valence-electron chi connectivity index (χ2n) is 4.40. The van der Waals surface area contributed by atoms with Crippen molar-refractivity contribution in [3.05, 3.63) is 59.7 Å². The van der Waals surface area contributed by atoms with Crippen molar-refractivity contribution in [2.75, 3.05) is 18.5 Å². The van der Waals surface area contributed by atoms with Crippen LogP contribution >= 0.6 is 9.24 Å². The number of rotatable bonds is 5. The zero-order valence-electron chi connectivity index (χ0n) is 14.3. The van der Waals surface area contributed by atoms with Crippen molar-refractivity contribution < 1.29 is 5.11 Å². The summed E-state index contributed by atoms with van der Waals surface area (Å²) in [6.45, 7) is 8.94. The molecule has 0 heterocycles. The van der Waals surface area contributed by atoms with Crippen LogP contribution in [0.15, 0.2) is 48.5 Å². The van der Waals surface area contributed by atoms with Crippen molar-refractivity contribution in [3.8, 4) is 5.75 Å². The summed E-state index contributed by atoms with van der Waals surface area (Å²) in [7, 11) is 2.42. The Morgan fingerprint density at radius 3 is 2.14 bits per heavy atom. The van der Waals surface area contributed by atoms with Crippen molar-refractivity contribution in [2.45, 2.75) is 33.6 Å². The fourth-order valence-electron chi connectivity index (χ4n) is 1.92. The third kappa shape index (κ3) is 8.05. The highest BCUT2D eigenvalue weighted by molar-refractivity contribution is 7.15. The van der Waals surface area contributed by atoms with Gasteiger partial charge in [0.25, 0.3) is 0 Å². The van der Waals surface area contributed by atoms with Crippen LogP contribution in [0.25, 0.3) is 0 Å². The van der Waals surface area contributed by atoms with Crippen molar-refractivity contribution >= 4 is 14.9 Å². The number of phenols is 1. The van der Waals surface area contributed by atoms with Gasteiger partial charge in [0.2, 0.25) is 0 Å². The summed E-state index contributed by atoms with van der Waals surface area (Å²) in [5.74, 6) is 0.333. The Morgan fingerprint density at radius 1 is 0.955 bits per heavy atom. The van der Waals surface area contributed by atoms with Gasteiger partial charge in [-0.25, -0.2) is 0 Å². The highest BCUT2D eigenvalue weighted by Crippen LogP contribution is 2.13. The lowest BCUT2D eigenvalue weighted by Gasteiger charge is -2.07. The number of benzene rings is 2. The molecule has 0 aliphatic rings. The molecule has 2 aromatic rings. The molecular weight excluding hydrogens is 289 g/mol. The fourth-order valence-corrected chi connectivity index (χ4v) is 1.92. The Morgan fingerprint density at radius 2 is 1.59 bits per heavy atom. The van der Waals surface area contributed by atoms with Crippen LogP contribution in [0.3, 0.4) is 0 Å². The number of phenolic OH excluding ortho intramolecular Hbond substituents is 1. The van der Waals surface area contributed by atoms with E-state index in [1.165, 1.54) is 5.56 Å². The molecule has 0 aliphatic carbocycles. The predicted molar refractivity (Wildman–Crippen MR) is 103 cm³/mol. The summed E-state index contributed by atoms with van der Waals surface area (Å²) in [6.07, 6.45) is 1.98. The van der Waals surface area contributed by atoms with E-state index >= 15 is 0 Å². The van der Waals surface area contributed by atoms with E-state index in [1.54, 1.807) is 6.07 Å². The Kier molecular flexibility index (Phi) is 12.2. The maximum Gasteiger partial charge on any atom is 0.115 e. The van der Waals surface area contributed by atoms with Gasteiger partial charge >= 0.3 is 0 Å². The van der Waals surface area contributed by atoms with Crippen LogP contribution in [-0.4, -0.2) is 18.3 Å². The second kappa shape index (κ2) is 13.2. The molecule has 3 heteroatoms. The smallest absolute Gasteiger partial charge is 0.115 e. The molecule has 0 fully saturated rings. The third-order valence-corrected chi connectivity index (χ3v) is 3.02. The lowest BCUT2D eigenvalue weighted by atomic mass is 10.1. The summed E-state index contributed by atoms with van der Waals surface area (Å²) in [6, 6.07) is 15.9. The molecule has 0 radical (unpaired) electrons. The van der Waals surface area contributed by atoms with E-state index in [4.69, 9.17) is 0 Å². The van der Waals surface area contributed by atoms with Crippen LogP contribution < -0.4 is 5.32 Å². The number of aromatic hydroxyl groups is 1. The largest absolute Gasteiger partial charge is 0.508 e. The average molecular weight is 319 g/mol. The molecule has 2 aromatic carbocycles. The summed E-state index contributed by atoms with van der Waals surface area (Å²) in [4.78, 5) is 0.